The number of rotatable bonds is 1. The standard InChI is InChI=1S/C10H10N2O2/c1-6-10(14)12-9(11-6)7-2-4-8(13)5-3-7/h2-6,13H,1H3,(H,11,12,14). The van der Waals surface area contributed by atoms with Gasteiger partial charge >= 0.3 is 0 Å². The van der Waals surface area contributed by atoms with Crippen molar-refractivity contribution in [3.63, 3.8) is 0 Å². The van der Waals surface area contributed by atoms with Gasteiger partial charge < -0.3 is 10.4 Å². The Morgan fingerprint density at radius 3 is 2.50 bits per heavy atom. The number of phenolic OH excluding ortho intramolecular Hbond substituents is 1. The molecule has 1 amide bonds. The van der Waals surface area contributed by atoms with E-state index in [4.69, 9.17) is 5.11 Å². The van der Waals surface area contributed by atoms with Crippen LogP contribution >= 0.6 is 0 Å². The first-order valence-corrected chi connectivity index (χ1v) is 4.35. The minimum Gasteiger partial charge on any atom is -0.508 e. The van der Waals surface area contributed by atoms with Gasteiger partial charge in [0.05, 0.1) is 0 Å². The van der Waals surface area contributed by atoms with Crippen molar-refractivity contribution in [2.24, 2.45) is 4.99 Å². The molecule has 0 fully saturated rings. The Kier molecular flexibility index (Phi) is 1.96. The van der Waals surface area contributed by atoms with Gasteiger partial charge in [0, 0.05) is 5.56 Å². The fourth-order valence-corrected chi connectivity index (χ4v) is 1.27. The SMILES string of the molecule is CC1N=C(c2ccc(O)cc2)NC1=O. The molecular formula is C10H10N2O2. The lowest BCUT2D eigenvalue weighted by Gasteiger charge is -2.00. The number of aromatic hydroxyl groups is 1. The summed E-state index contributed by atoms with van der Waals surface area (Å²) in [7, 11) is 0. The number of nitrogens with zero attached hydrogens (tertiary/aromatic N) is 1. The molecule has 1 aliphatic rings. The van der Waals surface area contributed by atoms with Crippen LogP contribution < -0.4 is 5.32 Å². The number of amides is 1. The molecule has 1 unspecified atom stereocenters. The first-order valence-electron chi connectivity index (χ1n) is 4.35. The molecule has 0 spiro atoms. The number of hydrogen-bond donors (Lipinski definition) is 2. The van der Waals surface area contributed by atoms with Gasteiger partial charge in [0.15, 0.2) is 0 Å². The third kappa shape index (κ3) is 1.46. The first kappa shape index (κ1) is 8.74. The summed E-state index contributed by atoms with van der Waals surface area (Å²) in [4.78, 5) is 15.3. The van der Waals surface area contributed by atoms with Gasteiger partial charge in [0.1, 0.15) is 17.6 Å². The molecule has 4 heteroatoms. The highest BCUT2D eigenvalue weighted by molar-refractivity contribution is 6.13. The zero-order chi connectivity index (χ0) is 10.1. The van der Waals surface area contributed by atoms with Gasteiger partial charge in [-0.15, -0.1) is 0 Å². The molecule has 0 aromatic heterocycles. The highest BCUT2D eigenvalue weighted by Gasteiger charge is 2.22. The fraction of sp³-hybridized carbons (Fsp3) is 0.200. The Morgan fingerprint density at radius 2 is 2.00 bits per heavy atom. The normalized spacial score (nSPS) is 20.5. The van der Waals surface area contributed by atoms with Crippen LogP contribution in [-0.2, 0) is 4.79 Å². The Balaban J connectivity index is 2.29. The Morgan fingerprint density at radius 1 is 1.36 bits per heavy atom. The predicted molar refractivity (Wildman–Crippen MR) is 52.2 cm³/mol. The Bertz CT molecular complexity index is 395. The third-order valence-corrected chi connectivity index (χ3v) is 2.08. The summed E-state index contributed by atoms with van der Waals surface area (Å²) in [6.45, 7) is 1.74. The molecule has 1 aliphatic heterocycles. The number of amidine groups is 1. The fourth-order valence-electron chi connectivity index (χ4n) is 1.27. The zero-order valence-corrected chi connectivity index (χ0v) is 7.69. The molecule has 72 valence electrons. The lowest BCUT2D eigenvalue weighted by molar-refractivity contribution is -0.119. The van der Waals surface area contributed by atoms with Crippen molar-refractivity contribution in [3.8, 4) is 5.75 Å². The summed E-state index contributed by atoms with van der Waals surface area (Å²) in [5.41, 5.74) is 0.806. The summed E-state index contributed by atoms with van der Waals surface area (Å²) >= 11 is 0. The van der Waals surface area contributed by atoms with Crippen molar-refractivity contribution in [2.45, 2.75) is 13.0 Å². The van der Waals surface area contributed by atoms with E-state index in [0.29, 0.717) is 5.84 Å². The smallest absolute Gasteiger partial charge is 0.250 e. The summed E-state index contributed by atoms with van der Waals surface area (Å²) in [5.74, 6) is 0.683. The summed E-state index contributed by atoms with van der Waals surface area (Å²) in [6.07, 6.45) is 0. The van der Waals surface area contributed by atoms with Gasteiger partial charge in [-0.05, 0) is 31.2 Å². The van der Waals surface area contributed by atoms with Gasteiger partial charge in [0.2, 0.25) is 5.91 Å². The van der Waals surface area contributed by atoms with E-state index in [-0.39, 0.29) is 17.7 Å². The van der Waals surface area contributed by atoms with Gasteiger partial charge in [-0.1, -0.05) is 0 Å². The summed E-state index contributed by atoms with van der Waals surface area (Å²) in [6, 6.07) is 6.23. The Hall–Kier alpha value is -1.84. The zero-order valence-electron chi connectivity index (χ0n) is 7.69. The van der Waals surface area contributed by atoms with Crippen molar-refractivity contribution >= 4 is 11.7 Å². The maximum atomic E-state index is 11.1. The van der Waals surface area contributed by atoms with Crippen molar-refractivity contribution < 1.29 is 9.90 Å². The van der Waals surface area contributed by atoms with E-state index in [1.807, 2.05) is 0 Å². The monoisotopic (exact) mass is 190 g/mol. The molecule has 4 nitrogen and oxygen atoms in total. The third-order valence-electron chi connectivity index (χ3n) is 2.08. The molecule has 0 saturated carbocycles. The minimum absolute atomic E-state index is 0.0897. The second-order valence-corrected chi connectivity index (χ2v) is 3.19. The highest BCUT2D eigenvalue weighted by Crippen LogP contribution is 2.12. The molecule has 0 radical (unpaired) electrons. The summed E-state index contributed by atoms with van der Waals surface area (Å²) in [5, 5.41) is 11.7. The number of phenols is 1. The number of carbonyl (C=O) groups is 1. The number of nitrogens with one attached hydrogen (secondary N) is 1. The van der Waals surface area contributed by atoms with Crippen LogP contribution in [0.4, 0.5) is 0 Å². The van der Waals surface area contributed by atoms with Crippen LogP contribution in [-0.4, -0.2) is 22.9 Å². The average molecular weight is 190 g/mol. The van der Waals surface area contributed by atoms with Gasteiger partial charge in [-0.2, -0.15) is 0 Å². The van der Waals surface area contributed by atoms with Crippen LogP contribution in [0, 0.1) is 0 Å². The molecule has 1 aromatic rings. The Labute approximate surface area is 81.3 Å². The molecule has 0 bridgehead atoms. The van der Waals surface area contributed by atoms with Crippen LogP contribution in [0.25, 0.3) is 0 Å². The van der Waals surface area contributed by atoms with Crippen LogP contribution in [0.15, 0.2) is 29.3 Å². The molecule has 1 aromatic carbocycles. The van der Waals surface area contributed by atoms with Crippen LogP contribution in [0.3, 0.4) is 0 Å². The molecular weight excluding hydrogens is 180 g/mol. The van der Waals surface area contributed by atoms with Gasteiger partial charge in [0.25, 0.3) is 0 Å². The van der Waals surface area contributed by atoms with Crippen molar-refractivity contribution in [2.75, 3.05) is 0 Å². The van der Waals surface area contributed by atoms with Crippen molar-refractivity contribution in [1.82, 2.24) is 5.32 Å². The second kappa shape index (κ2) is 3.14. The van der Waals surface area contributed by atoms with Gasteiger partial charge in [-0.3, -0.25) is 9.79 Å². The molecule has 2 N–H and O–H groups in total. The van der Waals surface area contributed by atoms with E-state index in [2.05, 4.69) is 10.3 Å². The van der Waals surface area contributed by atoms with Crippen LogP contribution in [0.5, 0.6) is 5.75 Å². The number of hydrogen-bond acceptors (Lipinski definition) is 3. The van der Waals surface area contributed by atoms with E-state index in [9.17, 15) is 4.79 Å². The van der Waals surface area contributed by atoms with E-state index < -0.39 is 0 Å². The topological polar surface area (TPSA) is 61.7 Å². The van der Waals surface area contributed by atoms with Gasteiger partial charge in [-0.25, -0.2) is 0 Å². The lowest BCUT2D eigenvalue weighted by Crippen LogP contribution is -2.27. The lowest BCUT2D eigenvalue weighted by atomic mass is 10.2. The quantitative estimate of drug-likeness (QED) is 0.683. The van der Waals surface area contributed by atoms with E-state index >= 15 is 0 Å². The van der Waals surface area contributed by atoms with E-state index in [0.717, 1.165) is 5.56 Å². The first-order chi connectivity index (χ1) is 6.66. The van der Waals surface area contributed by atoms with E-state index in [1.54, 1.807) is 31.2 Å². The molecule has 2 rings (SSSR count). The largest absolute Gasteiger partial charge is 0.508 e. The summed E-state index contributed by atoms with van der Waals surface area (Å²) < 4.78 is 0. The number of benzene rings is 1. The van der Waals surface area contributed by atoms with Crippen molar-refractivity contribution in [1.29, 1.82) is 0 Å². The van der Waals surface area contributed by atoms with Crippen molar-refractivity contribution in [3.05, 3.63) is 29.8 Å². The number of aliphatic imine (C=N–C) groups is 1. The molecule has 1 heterocycles. The molecule has 0 aliphatic carbocycles. The second-order valence-electron chi connectivity index (χ2n) is 3.19. The minimum atomic E-state index is -0.321. The van der Waals surface area contributed by atoms with E-state index in [1.165, 1.54) is 0 Å². The molecule has 0 saturated heterocycles. The maximum absolute atomic E-state index is 11.1. The highest BCUT2D eigenvalue weighted by atomic mass is 16.3. The average Bonchev–Trinajstić information content (AvgIpc) is 2.48. The molecule has 14 heavy (non-hydrogen) atoms. The van der Waals surface area contributed by atoms with Crippen LogP contribution in [0.1, 0.15) is 12.5 Å². The predicted octanol–water partition coefficient (Wildman–Crippen LogP) is 0.657. The maximum Gasteiger partial charge on any atom is 0.250 e. The molecule has 1 atom stereocenters. The van der Waals surface area contributed by atoms with Crippen LogP contribution in [0.2, 0.25) is 0 Å². The number of carbonyl (C=O) groups excluding carboxylic acids is 1.